The zero-order chi connectivity index (χ0) is 38.4. The Kier molecular flexibility index (Phi) is 12.9. The zero-order valence-electron chi connectivity index (χ0n) is 32.1. The summed E-state index contributed by atoms with van der Waals surface area (Å²) in [5.41, 5.74) is 3.18. The summed E-state index contributed by atoms with van der Waals surface area (Å²) in [5, 5.41) is 22.2. The number of benzene rings is 4. The Morgan fingerprint density at radius 3 is 1.11 bits per heavy atom. The molecule has 286 valence electrons. The lowest BCUT2D eigenvalue weighted by molar-refractivity contribution is 0.0281. The van der Waals surface area contributed by atoms with E-state index in [9.17, 15) is 10.2 Å². The van der Waals surface area contributed by atoms with E-state index in [-0.39, 0.29) is 24.0 Å². The van der Waals surface area contributed by atoms with Crippen LogP contribution in [0.25, 0.3) is 0 Å². The van der Waals surface area contributed by atoms with Gasteiger partial charge in [-0.05, 0) is 96.5 Å². The number of rotatable bonds is 16. The molecule has 1 saturated heterocycles. The SMILES string of the molecule is COc1ccc([C@@H](O)[C@@H](C)Oc2ccc(C3O[C@H](c4ccc(O[C@H](C)[C@H](O)c5ccc(OC)c(OC)c5)c(OC)c4)[C@H](C)[C@H]3C)cc2OC)cc1OC. The first-order chi connectivity index (χ1) is 25.5. The summed E-state index contributed by atoms with van der Waals surface area (Å²) in [7, 11) is 9.43. The highest BCUT2D eigenvalue weighted by Gasteiger charge is 2.41. The summed E-state index contributed by atoms with van der Waals surface area (Å²) in [6.07, 6.45) is -3.49. The van der Waals surface area contributed by atoms with Gasteiger partial charge in [-0.25, -0.2) is 0 Å². The monoisotopic (exact) mass is 732 g/mol. The molecule has 1 heterocycles. The largest absolute Gasteiger partial charge is 0.493 e. The molecule has 0 saturated carbocycles. The summed E-state index contributed by atoms with van der Waals surface area (Å²) in [4.78, 5) is 0. The van der Waals surface area contributed by atoms with Crippen molar-refractivity contribution < 1.29 is 52.8 Å². The summed E-state index contributed by atoms with van der Waals surface area (Å²) in [6.45, 7) is 7.96. The Morgan fingerprint density at radius 1 is 0.453 bits per heavy atom. The average molecular weight is 733 g/mol. The van der Waals surface area contributed by atoms with Crippen molar-refractivity contribution in [2.24, 2.45) is 11.8 Å². The molecule has 0 aliphatic carbocycles. The van der Waals surface area contributed by atoms with E-state index >= 15 is 0 Å². The van der Waals surface area contributed by atoms with E-state index in [1.165, 1.54) is 0 Å². The van der Waals surface area contributed by atoms with Gasteiger partial charge in [0.1, 0.15) is 24.4 Å². The van der Waals surface area contributed by atoms with E-state index in [2.05, 4.69) is 13.8 Å². The van der Waals surface area contributed by atoms with Crippen LogP contribution in [0.1, 0.15) is 74.4 Å². The molecule has 1 aliphatic heterocycles. The predicted octanol–water partition coefficient (Wildman–Crippen LogP) is 7.82. The van der Waals surface area contributed by atoms with Crippen molar-refractivity contribution in [3.63, 3.8) is 0 Å². The third kappa shape index (κ3) is 8.38. The molecule has 1 unspecified atom stereocenters. The standard InChI is InChI=1S/C42H52O11/c1-23-24(2)42(30-14-18-34(38(22-30)50-10)52-26(4)40(44)28-12-16-32(46-6)36(20-28)48-8)53-41(23)29-13-17-33(37(21-29)49-9)51-25(3)39(43)27-11-15-31(45-5)35(19-27)47-7/h11-26,39-44H,1-10H3/t23-,24-,25-,26-,39+,40+,41+,42?/m1/s1. The Hall–Kier alpha value is -4.84. The van der Waals surface area contributed by atoms with Gasteiger partial charge in [-0.2, -0.15) is 0 Å². The van der Waals surface area contributed by atoms with Gasteiger partial charge >= 0.3 is 0 Å². The molecule has 4 aromatic carbocycles. The maximum atomic E-state index is 11.1. The van der Waals surface area contributed by atoms with Crippen molar-refractivity contribution in [3.8, 4) is 46.0 Å². The summed E-state index contributed by atoms with van der Waals surface area (Å²) < 4.78 is 52.2. The predicted molar refractivity (Wildman–Crippen MR) is 200 cm³/mol. The van der Waals surface area contributed by atoms with Crippen LogP contribution < -0.4 is 37.9 Å². The van der Waals surface area contributed by atoms with Crippen LogP contribution in [0.5, 0.6) is 46.0 Å². The first kappa shape index (κ1) is 39.4. The van der Waals surface area contributed by atoms with Gasteiger partial charge in [-0.1, -0.05) is 38.1 Å². The van der Waals surface area contributed by atoms with Crippen LogP contribution in [0, 0.1) is 11.8 Å². The first-order valence-electron chi connectivity index (χ1n) is 17.6. The average Bonchev–Trinajstić information content (AvgIpc) is 3.49. The number of aliphatic hydroxyl groups excluding tert-OH is 2. The minimum absolute atomic E-state index is 0.167. The minimum atomic E-state index is -0.932. The molecule has 53 heavy (non-hydrogen) atoms. The Labute approximate surface area is 312 Å². The molecule has 0 spiro atoms. The lowest BCUT2D eigenvalue weighted by atomic mass is 9.85. The molecule has 4 aromatic rings. The van der Waals surface area contributed by atoms with E-state index in [0.717, 1.165) is 11.1 Å². The summed E-state index contributed by atoms with van der Waals surface area (Å²) in [5.74, 6) is 4.62. The number of methoxy groups -OCH3 is 6. The molecular formula is C42H52O11. The van der Waals surface area contributed by atoms with Crippen molar-refractivity contribution >= 4 is 0 Å². The molecule has 1 aliphatic rings. The second-order valence-corrected chi connectivity index (χ2v) is 13.3. The molecule has 11 nitrogen and oxygen atoms in total. The normalized spacial score (nSPS) is 20.5. The smallest absolute Gasteiger partial charge is 0.161 e. The minimum Gasteiger partial charge on any atom is -0.493 e. The van der Waals surface area contributed by atoms with Gasteiger partial charge < -0.3 is 52.8 Å². The maximum absolute atomic E-state index is 11.1. The van der Waals surface area contributed by atoms with E-state index < -0.39 is 24.4 Å². The van der Waals surface area contributed by atoms with E-state index in [0.29, 0.717) is 57.1 Å². The molecule has 0 aromatic heterocycles. The quantitative estimate of drug-likeness (QED) is 0.117. The van der Waals surface area contributed by atoms with E-state index in [1.807, 2.05) is 36.4 Å². The van der Waals surface area contributed by atoms with Gasteiger partial charge in [0.2, 0.25) is 0 Å². The van der Waals surface area contributed by atoms with Crippen LogP contribution in [-0.4, -0.2) is 65.1 Å². The highest BCUT2D eigenvalue weighted by atomic mass is 16.5. The fourth-order valence-electron chi connectivity index (χ4n) is 6.78. The first-order valence-corrected chi connectivity index (χ1v) is 17.6. The molecular weight excluding hydrogens is 680 g/mol. The molecule has 0 bridgehead atoms. The summed E-state index contributed by atoms with van der Waals surface area (Å²) >= 11 is 0. The van der Waals surface area contributed by atoms with Gasteiger partial charge in [-0.15, -0.1) is 0 Å². The van der Waals surface area contributed by atoms with Gasteiger partial charge in [0.05, 0.1) is 54.9 Å². The molecule has 1 fully saturated rings. The maximum Gasteiger partial charge on any atom is 0.161 e. The molecule has 5 rings (SSSR count). The van der Waals surface area contributed by atoms with Gasteiger partial charge in [-0.3, -0.25) is 0 Å². The topological polar surface area (TPSA) is 124 Å². The number of aliphatic hydroxyl groups is 2. The molecule has 2 N–H and O–H groups in total. The number of ether oxygens (including phenoxy) is 9. The lowest BCUT2D eigenvalue weighted by Gasteiger charge is -2.24. The second-order valence-electron chi connectivity index (χ2n) is 13.3. The van der Waals surface area contributed by atoms with Crippen molar-refractivity contribution in [3.05, 3.63) is 95.1 Å². The third-order valence-electron chi connectivity index (χ3n) is 10.1. The van der Waals surface area contributed by atoms with E-state index in [4.69, 9.17) is 42.6 Å². The van der Waals surface area contributed by atoms with Crippen LogP contribution >= 0.6 is 0 Å². The molecule has 11 heteroatoms. The molecule has 0 radical (unpaired) electrons. The van der Waals surface area contributed by atoms with Crippen LogP contribution in [0.3, 0.4) is 0 Å². The van der Waals surface area contributed by atoms with Gasteiger partial charge in [0.25, 0.3) is 0 Å². The van der Waals surface area contributed by atoms with Crippen LogP contribution in [0.2, 0.25) is 0 Å². The van der Waals surface area contributed by atoms with Crippen LogP contribution in [0.4, 0.5) is 0 Å². The van der Waals surface area contributed by atoms with E-state index in [1.54, 1.807) is 92.9 Å². The van der Waals surface area contributed by atoms with Crippen molar-refractivity contribution in [1.29, 1.82) is 0 Å². The molecule has 8 atom stereocenters. The highest BCUT2D eigenvalue weighted by Crippen LogP contribution is 2.51. The van der Waals surface area contributed by atoms with Crippen LogP contribution in [-0.2, 0) is 4.74 Å². The van der Waals surface area contributed by atoms with Crippen molar-refractivity contribution in [1.82, 2.24) is 0 Å². The van der Waals surface area contributed by atoms with Crippen molar-refractivity contribution in [2.75, 3.05) is 42.7 Å². The Bertz CT molecular complexity index is 1700. The summed E-state index contributed by atoms with van der Waals surface area (Å²) in [6, 6.07) is 22.1. The van der Waals surface area contributed by atoms with Crippen molar-refractivity contribution in [2.45, 2.75) is 64.3 Å². The zero-order valence-corrected chi connectivity index (χ0v) is 32.1. The fourth-order valence-corrected chi connectivity index (χ4v) is 6.78. The van der Waals surface area contributed by atoms with Gasteiger partial charge in [0, 0.05) is 0 Å². The number of hydrogen-bond acceptors (Lipinski definition) is 11. The second kappa shape index (κ2) is 17.3. The molecule has 0 amide bonds. The van der Waals surface area contributed by atoms with Gasteiger partial charge in [0.15, 0.2) is 46.0 Å². The highest BCUT2D eigenvalue weighted by molar-refractivity contribution is 5.48. The Morgan fingerprint density at radius 2 is 0.774 bits per heavy atom. The third-order valence-corrected chi connectivity index (χ3v) is 10.1. The fraction of sp³-hybridized carbons (Fsp3) is 0.429. The lowest BCUT2D eigenvalue weighted by Crippen LogP contribution is -2.22. The number of hydrogen-bond donors (Lipinski definition) is 2. The van der Waals surface area contributed by atoms with Crippen LogP contribution in [0.15, 0.2) is 72.8 Å². The Balaban J connectivity index is 1.29.